The number of sulfonamides is 1. The number of aromatic nitrogens is 2. The molecule has 170 valence electrons. The van der Waals surface area contributed by atoms with Crippen LogP contribution < -0.4 is 19.5 Å². The molecule has 0 saturated carbocycles. The molecule has 0 bridgehead atoms. The van der Waals surface area contributed by atoms with Gasteiger partial charge in [-0.15, -0.1) is 10.2 Å². The molecule has 0 aliphatic heterocycles. The molecular weight excluding hydrogens is 476 g/mol. The molecule has 9 nitrogen and oxygen atoms in total. The van der Waals surface area contributed by atoms with E-state index in [2.05, 4.69) is 20.2 Å². The smallest absolute Gasteiger partial charge is 0.269 e. The van der Waals surface area contributed by atoms with Gasteiger partial charge < -0.3 is 9.47 Å². The van der Waals surface area contributed by atoms with Crippen molar-refractivity contribution in [1.29, 1.82) is 0 Å². The fourth-order valence-electron chi connectivity index (χ4n) is 2.74. The molecule has 1 amide bonds. The number of anilines is 1. The molecule has 12 heteroatoms. The first-order chi connectivity index (χ1) is 15.3. The van der Waals surface area contributed by atoms with Crippen LogP contribution in [-0.2, 0) is 16.4 Å². The minimum Gasteiger partial charge on any atom is -0.493 e. The zero-order valence-corrected chi connectivity index (χ0v) is 19.7. The summed E-state index contributed by atoms with van der Waals surface area (Å²) >= 11 is 6.57. The highest BCUT2D eigenvalue weighted by molar-refractivity contribution is 7.91. The Labute approximate surface area is 194 Å². The lowest BCUT2D eigenvalue weighted by molar-refractivity contribution is 0.102. The number of nitrogens with one attached hydrogen (secondary N) is 2. The second-order valence-electron chi connectivity index (χ2n) is 6.52. The number of hydrogen-bond donors (Lipinski definition) is 2. The average Bonchev–Trinajstić information content (AvgIpc) is 3.26. The quantitative estimate of drug-likeness (QED) is 0.326. The summed E-state index contributed by atoms with van der Waals surface area (Å²) in [4.78, 5) is 12.2. The first-order valence-corrected chi connectivity index (χ1v) is 12.1. The zero-order valence-electron chi connectivity index (χ0n) is 17.3. The highest BCUT2D eigenvalue weighted by Gasteiger charge is 2.20. The Kier molecular flexibility index (Phi) is 8.02. The van der Waals surface area contributed by atoms with E-state index < -0.39 is 15.9 Å². The van der Waals surface area contributed by atoms with E-state index in [1.807, 2.05) is 12.1 Å². The number of nitrogens with zero attached hydrogens (tertiary/aromatic N) is 2. The molecule has 1 heterocycles. The standard InChI is InChI=1S/C20H21ClN4O5S2/c1-29-16-10-5-13(12-17(16)30-2)4-3-11-22-32(27,28)20-25-24-19(31-20)23-18(26)14-6-8-15(21)9-7-14/h5-10,12,22H,3-4,11H2,1-2H3,(H,23,24,26). The van der Waals surface area contributed by atoms with Gasteiger partial charge in [0.2, 0.25) is 9.47 Å². The summed E-state index contributed by atoms with van der Waals surface area (Å²) in [6.07, 6.45) is 1.20. The summed E-state index contributed by atoms with van der Waals surface area (Å²) < 4.78 is 37.7. The van der Waals surface area contributed by atoms with Crippen LogP contribution >= 0.6 is 22.9 Å². The van der Waals surface area contributed by atoms with Crippen LogP contribution in [0.15, 0.2) is 46.8 Å². The van der Waals surface area contributed by atoms with Gasteiger partial charge in [-0.25, -0.2) is 13.1 Å². The van der Waals surface area contributed by atoms with Crippen molar-refractivity contribution in [1.82, 2.24) is 14.9 Å². The number of aryl methyl sites for hydroxylation is 1. The Bertz CT molecular complexity index is 1180. The molecule has 0 radical (unpaired) electrons. The lowest BCUT2D eigenvalue weighted by Crippen LogP contribution is -2.25. The van der Waals surface area contributed by atoms with Gasteiger partial charge in [0.25, 0.3) is 15.9 Å². The number of ether oxygens (including phenoxy) is 2. The molecule has 3 rings (SSSR count). The molecule has 0 atom stereocenters. The van der Waals surface area contributed by atoms with E-state index in [0.29, 0.717) is 34.9 Å². The SMILES string of the molecule is COc1ccc(CCCNS(=O)(=O)c2nnc(NC(=O)c3ccc(Cl)cc3)s2)cc1OC. The summed E-state index contributed by atoms with van der Waals surface area (Å²) in [5.74, 6) is 0.810. The fourth-order valence-corrected chi connectivity index (χ4v) is 4.87. The Morgan fingerprint density at radius 3 is 2.47 bits per heavy atom. The number of rotatable bonds is 10. The molecular formula is C20H21ClN4O5S2. The van der Waals surface area contributed by atoms with Crippen LogP contribution in [0.4, 0.5) is 5.13 Å². The normalized spacial score (nSPS) is 11.2. The first-order valence-electron chi connectivity index (χ1n) is 9.43. The summed E-state index contributed by atoms with van der Waals surface area (Å²) in [5, 5.41) is 10.5. The lowest BCUT2D eigenvalue weighted by atomic mass is 10.1. The van der Waals surface area contributed by atoms with E-state index in [4.69, 9.17) is 21.1 Å². The van der Waals surface area contributed by atoms with Crippen molar-refractivity contribution in [2.75, 3.05) is 26.1 Å². The van der Waals surface area contributed by atoms with Crippen LogP contribution in [0, 0.1) is 0 Å². The van der Waals surface area contributed by atoms with Gasteiger partial charge in [0.15, 0.2) is 11.5 Å². The van der Waals surface area contributed by atoms with Crippen LogP contribution in [-0.4, -0.2) is 45.3 Å². The second-order valence-corrected chi connectivity index (χ2v) is 9.88. The molecule has 0 aliphatic rings. The van der Waals surface area contributed by atoms with Crippen molar-refractivity contribution in [3.63, 3.8) is 0 Å². The number of carbonyl (C=O) groups excluding carboxylic acids is 1. The average molecular weight is 497 g/mol. The highest BCUT2D eigenvalue weighted by atomic mass is 35.5. The van der Waals surface area contributed by atoms with Crippen molar-refractivity contribution >= 4 is 44.0 Å². The van der Waals surface area contributed by atoms with E-state index >= 15 is 0 Å². The van der Waals surface area contributed by atoms with Crippen LogP contribution in [0.2, 0.25) is 5.02 Å². The number of carbonyl (C=O) groups is 1. The topological polar surface area (TPSA) is 120 Å². The number of halogens is 1. The van der Waals surface area contributed by atoms with Gasteiger partial charge in [-0.1, -0.05) is 29.0 Å². The minimum atomic E-state index is -3.84. The van der Waals surface area contributed by atoms with Crippen molar-refractivity contribution in [2.45, 2.75) is 17.2 Å². The predicted octanol–water partition coefficient (Wildman–Crippen LogP) is 3.37. The van der Waals surface area contributed by atoms with Gasteiger partial charge in [0.1, 0.15) is 0 Å². The number of methoxy groups -OCH3 is 2. The maximum absolute atomic E-state index is 12.5. The fraction of sp³-hybridized carbons (Fsp3) is 0.250. The van der Waals surface area contributed by atoms with Gasteiger partial charge >= 0.3 is 0 Å². The molecule has 3 aromatic rings. The minimum absolute atomic E-state index is 0.0793. The summed E-state index contributed by atoms with van der Waals surface area (Å²) in [6.45, 7) is 0.211. The Hall–Kier alpha value is -2.73. The monoisotopic (exact) mass is 496 g/mol. The Morgan fingerprint density at radius 1 is 1.06 bits per heavy atom. The summed E-state index contributed by atoms with van der Waals surface area (Å²) in [7, 11) is -0.719. The third-order valence-corrected chi connectivity index (χ3v) is 7.26. The maximum atomic E-state index is 12.5. The molecule has 2 N–H and O–H groups in total. The van der Waals surface area contributed by atoms with E-state index in [1.165, 1.54) is 0 Å². The molecule has 0 fully saturated rings. The van der Waals surface area contributed by atoms with Crippen LogP contribution in [0.25, 0.3) is 0 Å². The van der Waals surface area contributed by atoms with Crippen LogP contribution in [0.1, 0.15) is 22.3 Å². The van der Waals surface area contributed by atoms with Gasteiger partial charge in [0.05, 0.1) is 14.2 Å². The highest BCUT2D eigenvalue weighted by Crippen LogP contribution is 2.28. The molecule has 0 aliphatic carbocycles. The van der Waals surface area contributed by atoms with Crippen molar-refractivity contribution in [3.05, 3.63) is 58.6 Å². The van der Waals surface area contributed by atoms with Gasteiger partial charge in [-0.3, -0.25) is 10.1 Å². The van der Waals surface area contributed by atoms with Gasteiger partial charge in [0, 0.05) is 17.1 Å². The molecule has 1 aromatic heterocycles. The number of benzene rings is 2. The van der Waals surface area contributed by atoms with Crippen LogP contribution in [0.5, 0.6) is 11.5 Å². The van der Waals surface area contributed by atoms with Crippen molar-refractivity contribution < 1.29 is 22.7 Å². The predicted molar refractivity (Wildman–Crippen MR) is 122 cm³/mol. The number of amides is 1. The first kappa shape index (κ1) is 23.9. The number of hydrogen-bond acceptors (Lipinski definition) is 8. The van der Waals surface area contributed by atoms with E-state index in [9.17, 15) is 13.2 Å². The molecule has 2 aromatic carbocycles. The molecule has 32 heavy (non-hydrogen) atoms. The van der Waals surface area contributed by atoms with E-state index in [0.717, 1.165) is 16.9 Å². The van der Waals surface area contributed by atoms with Crippen molar-refractivity contribution in [3.8, 4) is 11.5 Å². The van der Waals surface area contributed by atoms with Crippen molar-refractivity contribution in [2.24, 2.45) is 0 Å². The molecule has 0 spiro atoms. The largest absolute Gasteiger partial charge is 0.493 e. The molecule has 0 saturated heterocycles. The van der Waals surface area contributed by atoms with Gasteiger partial charge in [-0.05, 0) is 54.8 Å². The second kappa shape index (κ2) is 10.7. The van der Waals surface area contributed by atoms with Gasteiger partial charge in [-0.2, -0.15) is 0 Å². The Morgan fingerprint density at radius 2 is 1.78 bits per heavy atom. The summed E-state index contributed by atoms with van der Waals surface area (Å²) in [6, 6.07) is 11.8. The lowest BCUT2D eigenvalue weighted by Gasteiger charge is -2.09. The Balaban J connectivity index is 1.53. The maximum Gasteiger partial charge on any atom is 0.269 e. The third kappa shape index (κ3) is 6.16. The van der Waals surface area contributed by atoms with E-state index in [1.54, 1.807) is 44.6 Å². The molecule has 0 unspecified atom stereocenters. The van der Waals surface area contributed by atoms with E-state index in [-0.39, 0.29) is 16.0 Å². The van der Waals surface area contributed by atoms with Crippen LogP contribution in [0.3, 0.4) is 0 Å². The zero-order chi connectivity index (χ0) is 23.1. The third-order valence-electron chi connectivity index (χ3n) is 4.35. The summed E-state index contributed by atoms with van der Waals surface area (Å²) in [5.41, 5.74) is 1.35.